The van der Waals surface area contributed by atoms with Crippen LogP contribution in [0.15, 0.2) is 76.1 Å². The number of hydrogen-bond acceptors (Lipinski definition) is 6. The molecule has 1 aliphatic rings. The number of carbonyl (C=O) groups is 1. The van der Waals surface area contributed by atoms with Crippen molar-refractivity contribution in [1.29, 1.82) is 0 Å². The first-order chi connectivity index (χ1) is 16.9. The smallest absolute Gasteiger partial charge is 0.336 e. The van der Waals surface area contributed by atoms with Crippen molar-refractivity contribution in [2.24, 2.45) is 0 Å². The molecule has 0 atom stereocenters. The summed E-state index contributed by atoms with van der Waals surface area (Å²) in [5.41, 5.74) is 2.75. The van der Waals surface area contributed by atoms with E-state index in [1.807, 2.05) is 62.4 Å². The molecule has 35 heavy (non-hydrogen) atoms. The van der Waals surface area contributed by atoms with E-state index in [1.165, 1.54) is 6.07 Å². The Kier molecular flexibility index (Phi) is 5.99. The monoisotopic (exact) mass is 470 g/mol. The second-order valence-electron chi connectivity index (χ2n) is 9.15. The first kappa shape index (κ1) is 22.7. The van der Waals surface area contributed by atoms with E-state index in [9.17, 15) is 9.59 Å². The highest BCUT2D eigenvalue weighted by Crippen LogP contribution is 2.44. The van der Waals surface area contributed by atoms with Crippen LogP contribution in [-0.4, -0.2) is 23.1 Å². The van der Waals surface area contributed by atoms with Crippen LogP contribution in [0.2, 0.25) is 0 Å². The second kappa shape index (κ2) is 9.25. The van der Waals surface area contributed by atoms with Gasteiger partial charge in [0.05, 0.1) is 17.6 Å². The zero-order valence-electron chi connectivity index (χ0n) is 19.7. The molecule has 0 aliphatic carbocycles. The molecular formula is C28H26N2O5. The van der Waals surface area contributed by atoms with Crippen molar-refractivity contribution in [2.75, 3.05) is 6.61 Å². The number of amides is 1. The van der Waals surface area contributed by atoms with Gasteiger partial charge in [0.25, 0.3) is 5.91 Å². The van der Waals surface area contributed by atoms with Gasteiger partial charge in [-0.25, -0.2) is 4.79 Å². The molecule has 5 rings (SSSR count). The van der Waals surface area contributed by atoms with Crippen LogP contribution >= 0.6 is 0 Å². The van der Waals surface area contributed by atoms with E-state index in [-0.39, 0.29) is 18.1 Å². The minimum Gasteiger partial charge on any atom is -0.487 e. The van der Waals surface area contributed by atoms with E-state index in [0.717, 1.165) is 23.2 Å². The number of nitrogens with one attached hydrogen (secondary N) is 1. The van der Waals surface area contributed by atoms with Crippen LogP contribution in [0.25, 0.3) is 22.1 Å². The number of aromatic nitrogens is 1. The summed E-state index contributed by atoms with van der Waals surface area (Å²) >= 11 is 0. The third-order valence-corrected chi connectivity index (χ3v) is 6.04. The molecule has 0 saturated heterocycles. The molecule has 1 aliphatic heterocycles. The summed E-state index contributed by atoms with van der Waals surface area (Å²) in [7, 11) is 0. The average Bonchev–Trinajstić information content (AvgIpc) is 2.86. The minimum atomic E-state index is -0.450. The number of benzene rings is 2. The van der Waals surface area contributed by atoms with Gasteiger partial charge in [0, 0.05) is 29.5 Å². The fraction of sp³-hybridized carbons (Fsp3) is 0.250. The number of ether oxygens (including phenoxy) is 2. The lowest BCUT2D eigenvalue weighted by molar-refractivity contribution is -0.123. The SMILES string of the molecule is CC1(C)CCc2c(cc(OCC(=O)NCc3ccccn3)c3c(-c4ccccc4)cc(=O)oc23)O1. The Balaban J connectivity index is 1.54. The summed E-state index contributed by atoms with van der Waals surface area (Å²) in [5, 5.41) is 3.47. The summed E-state index contributed by atoms with van der Waals surface area (Å²) in [6.07, 6.45) is 3.16. The summed E-state index contributed by atoms with van der Waals surface area (Å²) < 4.78 is 18.0. The van der Waals surface area contributed by atoms with Gasteiger partial charge in [-0.1, -0.05) is 36.4 Å². The Bertz CT molecular complexity index is 1430. The van der Waals surface area contributed by atoms with Crippen molar-refractivity contribution < 1.29 is 18.7 Å². The minimum absolute atomic E-state index is 0.211. The highest BCUT2D eigenvalue weighted by atomic mass is 16.5. The van der Waals surface area contributed by atoms with Crippen molar-refractivity contribution in [3.05, 3.63) is 88.5 Å². The van der Waals surface area contributed by atoms with Crippen molar-refractivity contribution >= 4 is 16.9 Å². The number of nitrogens with zero attached hydrogens (tertiary/aromatic N) is 1. The second-order valence-corrected chi connectivity index (χ2v) is 9.15. The van der Waals surface area contributed by atoms with Crippen LogP contribution in [0.4, 0.5) is 0 Å². The largest absolute Gasteiger partial charge is 0.487 e. The lowest BCUT2D eigenvalue weighted by Crippen LogP contribution is -2.33. The Morgan fingerprint density at radius 1 is 1.11 bits per heavy atom. The highest BCUT2D eigenvalue weighted by molar-refractivity contribution is 6.00. The molecule has 178 valence electrons. The van der Waals surface area contributed by atoms with Crippen molar-refractivity contribution in [2.45, 2.75) is 38.8 Å². The van der Waals surface area contributed by atoms with E-state index < -0.39 is 5.63 Å². The number of carbonyl (C=O) groups excluding carboxylic acids is 1. The van der Waals surface area contributed by atoms with Gasteiger partial charge in [-0.3, -0.25) is 9.78 Å². The molecule has 2 aromatic heterocycles. The number of hydrogen-bond donors (Lipinski definition) is 1. The molecule has 0 spiro atoms. The topological polar surface area (TPSA) is 90.7 Å². The zero-order valence-corrected chi connectivity index (χ0v) is 19.7. The van der Waals surface area contributed by atoms with Gasteiger partial charge < -0.3 is 19.2 Å². The van der Waals surface area contributed by atoms with Crippen LogP contribution in [0.3, 0.4) is 0 Å². The van der Waals surface area contributed by atoms with E-state index in [1.54, 1.807) is 12.3 Å². The molecule has 0 radical (unpaired) electrons. The molecule has 1 amide bonds. The van der Waals surface area contributed by atoms with Gasteiger partial charge in [0.1, 0.15) is 22.7 Å². The molecule has 0 fully saturated rings. The van der Waals surface area contributed by atoms with Gasteiger partial charge in [-0.2, -0.15) is 0 Å². The Labute approximate surface area is 202 Å². The van der Waals surface area contributed by atoms with Crippen LogP contribution in [0.5, 0.6) is 11.5 Å². The molecular weight excluding hydrogens is 444 g/mol. The van der Waals surface area contributed by atoms with Crippen molar-refractivity contribution in [3.8, 4) is 22.6 Å². The summed E-state index contributed by atoms with van der Waals surface area (Å²) in [5.74, 6) is 0.736. The molecule has 7 nitrogen and oxygen atoms in total. The third-order valence-electron chi connectivity index (χ3n) is 6.04. The van der Waals surface area contributed by atoms with E-state index >= 15 is 0 Å². The van der Waals surface area contributed by atoms with E-state index in [4.69, 9.17) is 13.9 Å². The maximum Gasteiger partial charge on any atom is 0.336 e. The van der Waals surface area contributed by atoms with Crippen LogP contribution in [0, 0.1) is 0 Å². The van der Waals surface area contributed by atoms with Gasteiger partial charge >= 0.3 is 5.63 Å². The van der Waals surface area contributed by atoms with Gasteiger partial charge in [0.2, 0.25) is 0 Å². The Hall–Kier alpha value is -4.13. The zero-order chi connectivity index (χ0) is 24.4. The van der Waals surface area contributed by atoms with Crippen molar-refractivity contribution in [3.63, 3.8) is 0 Å². The molecule has 0 unspecified atom stereocenters. The fourth-order valence-corrected chi connectivity index (χ4v) is 4.29. The predicted molar refractivity (Wildman–Crippen MR) is 133 cm³/mol. The summed E-state index contributed by atoms with van der Waals surface area (Å²) in [6, 6.07) is 18.4. The normalized spacial score (nSPS) is 14.1. The molecule has 3 heterocycles. The predicted octanol–water partition coefficient (Wildman–Crippen LogP) is 4.65. The van der Waals surface area contributed by atoms with E-state index in [2.05, 4.69) is 10.3 Å². The highest BCUT2D eigenvalue weighted by Gasteiger charge is 2.31. The van der Waals surface area contributed by atoms with Crippen LogP contribution in [-0.2, 0) is 17.8 Å². The number of fused-ring (bicyclic) bond motifs is 3. The molecule has 1 N–H and O–H groups in total. The summed E-state index contributed by atoms with van der Waals surface area (Å²) in [6.45, 7) is 4.12. The maximum atomic E-state index is 12.6. The summed E-state index contributed by atoms with van der Waals surface area (Å²) in [4.78, 5) is 29.3. The Morgan fingerprint density at radius 3 is 2.69 bits per heavy atom. The quantitative estimate of drug-likeness (QED) is 0.413. The lowest BCUT2D eigenvalue weighted by atomic mass is 9.91. The van der Waals surface area contributed by atoms with Crippen LogP contribution in [0.1, 0.15) is 31.5 Å². The lowest BCUT2D eigenvalue weighted by Gasteiger charge is -2.33. The molecule has 0 saturated carbocycles. The average molecular weight is 471 g/mol. The Morgan fingerprint density at radius 2 is 1.91 bits per heavy atom. The van der Waals surface area contributed by atoms with Gasteiger partial charge in [-0.05, 0) is 44.4 Å². The molecule has 2 aromatic carbocycles. The van der Waals surface area contributed by atoms with Gasteiger partial charge in [0.15, 0.2) is 6.61 Å². The first-order valence-electron chi connectivity index (χ1n) is 11.6. The first-order valence-corrected chi connectivity index (χ1v) is 11.6. The number of aryl methyl sites for hydroxylation is 1. The van der Waals surface area contributed by atoms with Gasteiger partial charge in [-0.15, -0.1) is 0 Å². The molecule has 7 heteroatoms. The van der Waals surface area contributed by atoms with Crippen LogP contribution < -0.4 is 20.4 Å². The number of rotatable bonds is 6. The van der Waals surface area contributed by atoms with Crippen molar-refractivity contribution in [1.82, 2.24) is 10.3 Å². The molecule has 4 aromatic rings. The fourth-order valence-electron chi connectivity index (χ4n) is 4.29. The van der Waals surface area contributed by atoms with E-state index in [0.29, 0.717) is 41.0 Å². The third kappa shape index (κ3) is 4.89. The molecule has 0 bridgehead atoms. The maximum absolute atomic E-state index is 12.6. The standard InChI is InChI=1S/C28H26N2O5/c1-28(2)12-11-20-22(35-28)15-23(33-17-24(31)30-16-19-10-6-7-13-29-19)26-21(14-25(32)34-27(20)26)18-8-4-3-5-9-18/h3-10,13-15H,11-12,16-17H2,1-2H3,(H,30,31). The number of pyridine rings is 1.